The fraction of sp³-hybridized carbons (Fsp3) is 0.304. The van der Waals surface area contributed by atoms with Crippen LogP contribution in [0.25, 0.3) is 0 Å². The lowest BCUT2D eigenvalue weighted by Crippen LogP contribution is -2.41. The van der Waals surface area contributed by atoms with Crippen molar-refractivity contribution in [2.75, 3.05) is 6.61 Å². The van der Waals surface area contributed by atoms with E-state index < -0.39 is 0 Å². The maximum atomic E-state index is 12.8. The number of benzene rings is 1. The molecular weight excluding hydrogens is 439 g/mol. The van der Waals surface area contributed by atoms with E-state index in [1.807, 2.05) is 38.1 Å². The first-order valence-electron chi connectivity index (χ1n) is 9.73. The van der Waals surface area contributed by atoms with Crippen molar-refractivity contribution in [2.45, 2.75) is 32.2 Å². The minimum Gasteiger partial charge on any atom is -0.477 e. The Hall–Kier alpha value is -2.08. The maximum absolute atomic E-state index is 12.8. The first kappa shape index (κ1) is 22.6. The molecule has 3 aromatic rings. The molecule has 1 aromatic carbocycles. The third-order valence-electron chi connectivity index (χ3n) is 4.94. The number of carbonyl (C=O) groups is 1. The van der Waals surface area contributed by atoms with Gasteiger partial charge in [-0.05, 0) is 59.5 Å². The van der Waals surface area contributed by atoms with Crippen molar-refractivity contribution in [1.82, 2.24) is 10.3 Å². The number of pyridine rings is 1. The van der Waals surface area contributed by atoms with Gasteiger partial charge in [0.05, 0.1) is 10.9 Å². The van der Waals surface area contributed by atoms with E-state index in [1.165, 1.54) is 17.3 Å². The van der Waals surface area contributed by atoms with E-state index in [2.05, 4.69) is 27.1 Å². The zero-order valence-electron chi connectivity index (χ0n) is 16.8. The number of ether oxygens (including phenoxy) is 1. The van der Waals surface area contributed by atoms with Crippen LogP contribution in [0.2, 0.25) is 10.0 Å². The molecule has 1 N–H and O–H groups in total. The first-order valence-corrected chi connectivity index (χ1v) is 11.4. The summed E-state index contributed by atoms with van der Waals surface area (Å²) in [6.45, 7) is 4.13. The predicted octanol–water partition coefficient (Wildman–Crippen LogP) is 6.00. The number of halogens is 2. The standard InChI is InChI=1S/C23H24Cl2N2O2S/c1-15(13-29-22-8-7-20(25)12-26-22)23(28)27-16(2)21(18-9-10-30-14-18)11-17-3-5-19(24)6-4-17/h3-10,12,14-16,21H,11,13H2,1-2H3,(H,27,28). The molecule has 0 radical (unpaired) electrons. The third kappa shape index (κ3) is 6.46. The summed E-state index contributed by atoms with van der Waals surface area (Å²) in [6.07, 6.45) is 2.33. The molecule has 2 aromatic heterocycles. The Morgan fingerprint density at radius 1 is 1.10 bits per heavy atom. The smallest absolute Gasteiger partial charge is 0.226 e. The van der Waals surface area contributed by atoms with Crippen molar-refractivity contribution in [1.29, 1.82) is 0 Å². The Balaban J connectivity index is 1.60. The summed E-state index contributed by atoms with van der Waals surface area (Å²) in [5.74, 6) is 0.245. The minimum absolute atomic E-state index is 0.0427. The van der Waals surface area contributed by atoms with Crippen LogP contribution in [-0.4, -0.2) is 23.5 Å². The number of hydrogen-bond acceptors (Lipinski definition) is 4. The van der Waals surface area contributed by atoms with Gasteiger partial charge in [0, 0.05) is 29.2 Å². The van der Waals surface area contributed by atoms with Crippen molar-refractivity contribution in [2.24, 2.45) is 5.92 Å². The number of amides is 1. The second-order valence-electron chi connectivity index (χ2n) is 7.32. The highest BCUT2D eigenvalue weighted by molar-refractivity contribution is 7.08. The van der Waals surface area contributed by atoms with E-state index in [0.717, 1.165) is 11.4 Å². The van der Waals surface area contributed by atoms with Crippen LogP contribution in [0, 0.1) is 5.92 Å². The second-order valence-corrected chi connectivity index (χ2v) is 8.97. The van der Waals surface area contributed by atoms with Gasteiger partial charge in [0.15, 0.2) is 0 Å². The topological polar surface area (TPSA) is 51.2 Å². The lowest BCUT2D eigenvalue weighted by Gasteiger charge is -2.26. The van der Waals surface area contributed by atoms with E-state index in [1.54, 1.807) is 23.5 Å². The molecular formula is C23H24Cl2N2O2S. The molecule has 2 heterocycles. The lowest BCUT2D eigenvalue weighted by atomic mass is 9.88. The molecule has 0 fully saturated rings. The number of thiophene rings is 1. The van der Waals surface area contributed by atoms with Crippen molar-refractivity contribution < 1.29 is 9.53 Å². The van der Waals surface area contributed by atoms with Crippen LogP contribution in [0.4, 0.5) is 0 Å². The average Bonchev–Trinajstić information content (AvgIpc) is 3.27. The molecule has 4 nitrogen and oxygen atoms in total. The Labute approximate surface area is 191 Å². The first-order chi connectivity index (χ1) is 14.4. The number of rotatable bonds is 9. The van der Waals surface area contributed by atoms with Gasteiger partial charge in [-0.25, -0.2) is 4.98 Å². The molecule has 0 saturated carbocycles. The molecule has 0 bridgehead atoms. The lowest BCUT2D eigenvalue weighted by molar-refractivity contribution is -0.126. The summed E-state index contributed by atoms with van der Waals surface area (Å²) in [6, 6.07) is 13.3. The van der Waals surface area contributed by atoms with E-state index in [0.29, 0.717) is 10.9 Å². The van der Waals surface area contributed by atoms with E-state index in [-0.39, 0.29) is 30.4 Å². The highest BCUT2D eigenvalue weighted by Gasteiger charge is 2.24. The van der Waals surface area contributed by atoms with Crippen molar-refractivity contribution in [3.8, 4) is 5.88 Å². The van der Waals surface area contributed by atoms with Crippen LogP contribution in [0.15, 0.2) is 59.4 Å². The summed E-state index contributed by atoms with van der Waals surface area (Å²) in [5, 5.41) is 8.63. The minimum atomic E-state index is -0.316. The summed E-state index contributed by atoms with van der Waals surface area (Å²) in [7, 11) is 0. The summed E-state index contributed by atoms with van der Waals surface area (Å²) < 4.78 is 5.62. The Kier molecular flexibility index (Phi) is 8.14. The summed E-state index contributed by atoms with van der Waals surface area (Å²) >= 11 is 13.5. The zero-order chi connectivity index (χ0) is 21.5. The van der Waals surface area contributed by atoms with Gasteiger partial charge in [0.1, 0.15) is 6.61 Å². The van der Waals surface area contributed by atoms with Crippen LogP contribution in [0.3, 0.4) is 0 Å². The van der Waals surface area contributed by atoms with Gasteiger partial charge < -0.3 is 10.1 Å². The summed E-state index contributed by atoms with van der Waals surface area (Å²) in [5.41, 5.74) is 2.40. The van der Waals surface area contributed by atoms with E-state index >= 15 is 0 Å². The van der Waals surface area contributed by atoms with Crippen molar-refractivity contribution in [3.05, 3.63) is 80.6 Å². The number of hydrogen-bond donors (Lipinski definition) is 1. The maximum Gasteiger partial charge on any atom is 0.226 e. The van der Waals surface area contributed by atoms with Gasteiger partial charge in [-0.1, -0.05) is 42.3 Å². The van der Waals surface area contributed by atoms with Gasteiger partial charge in [-0.3, -0.25) is 4.79 Å². The number of aromatic nitrogens is 1. The average molecular weight is 463 g/mol. The third-order valence-corrected chi connectivity index (χ3v) is 6.12. The molecule has 158 valence electrons. The molecule has 3 atom stereocenters. The highest BCUT2D eigenvalue weighted by atomic mass is 35.5. The van der Waals surface area contributed by atoms with Crippen LogP contribution < -0.4 is 10.1 Å². The van der Waals surface area contributed by atoms with Crippen LogP contribution in [-0.2, 0) is 11.2 Å². The molecule has 0 saturated heterocycles. The Bertz CT molecular complexity index is 931. The number of nitrogens with one attached hydrogen (secondary N) is 1. The molecule has 7 heteroatoms. The molecule has 0 aliphatic carbocycles. The number of nitrogens with zero attached hydrogens (tertiary/aromatic N) is 1. The Morgan fingerprint density at radius 3 is 2.47 bits per heavy atom. The fourth-order valence-corrected chi connectivity index (χ4v) is 4.11. The highest BCUT2D eigenvalue weighted by Crippen LogP contribution is 2.27. The molecule has 1 amide bonds. The van der Waals surface area contributed by atoms with Gasteiger partial charge in [0.2, 0.25) is 11.8 Å². The van der Waals surface area contributed by atoms with Crippen LogP contribution >= 0.6 is 34.5 Å². The van der Waals surface area contributed by atoms with Crippen LogP contribution in [0.5, 0.6) is 5.88 Å². The van der Waals surface area contributed by atoms with Crippen molar-refractivity contribution >= 4 is 40.4 Å². The van der Waals surface area contributed by atoms with Gasteiger partial charge in [-0.15, -0.1) is 0 Å². The normalized spacial score (nSPS) is 14.0. The van der Waals surface area contributed by atoms with E-state index in [9.17, 15) is 4.79 Å². The predicted molar refractivity (Wildman–Crippen MR) is 124 cm³/mol. The van der Waals surface area contributed by atoms with Crippen molar-refractivity contribution in [3.63, 3.8) is 0 Å². The number of carbonyl (C=O) groups excluding carboxylic acids is 1. The summed E-state index contributed by atoms with van der Waals surface area (Å²) in [4.78, 5) is 16.8. The Morgan fingerprint density at radius 2 is 1.83 bits per heavy atom. The fourth-order valence-electron chi connectivity index (χ4n) is 3.14. The molecule has 0 aliphatic rings. The molecule has 0 spiro atoms. The molecule has 0 aliphatic heterocycles. The largest absolute Gasteiger partial charge is 0.477 e. The second kappa shape index (κ2) is 10.8. The van der Waals surface area contributed by atoms with Gasteiger partial charge in [-0.2, -0.15) is 11.3 Å². The molecule has 30 heavy (non-hydrogen) atoms. The monoisotopic (exact) mass is 462 g/mol. The molecule has 3 unspecified atom stereocenters. The van der Waals surface area contributed by atoms with Gasteiger partial charge >= 0.3 is 0 Å². The van der Waals surface area contributed by atoms with Crippen LogP contribution in [0.1, 0.15) is 30.9 Å². The molecule has 3 rings (SSSR count). The zero-order valence-corrected chi connectivity index (χ0v) is 19.2. The quantitative estimate of drug-likeness (QED) is 0.424. The van der Waals surface area contributed by atoms with E-state index in [4.69, 9.17) is 27.9 Å². The SMILES string of the molecule is CC(COc1ccc(Cl)cn1)C(=O)NC(C)C(Cc1ccc(Cl)cc1)c1ccsc1. The van der Waals surface area contributed by atoms with Gasteiger partial charge in [0.25, 0.3) is 0 Å².